The zero-order valence-electron chi connectivity index (χ0n) is 13.4. The number of ether oxygens (including phenoxy) is 1. The monoisotopic (exact) mass is 287 g/mol. The van der Waals surface area contributed by atoms with Crippen LogP contribution in [0.4, 0.5) is 4.79 Å². The normalized spacial score (nSPS) is 14.4. The van der Waals surface area contributed by atoms with Crippen LogP contribution >= 0.6 is 0 Å². The quantitative estimate of drug-likeness (QED) is 0.715. The molecule has 0 saturated carbocycles. The molecule has 0 aliphatic heterocycles. The summed E-state index contributed by atoms with van der Waals surface area (Å²) in [5.41, 5.74) is -1.47. The number of carbonyl (C=O) groups excluding carboxylic acids is 1. The van der Waals surface area contributed by atoms with E-state index in [1.54, 1.807) is 20.8 Å². The van der Waals surface area contributed by atoms with Gasteiger partial charge in [-0.2, -0.15) is 0 Å². The molecule has 118 valence electrons. The molecule has 1 amide bonds. The van der Waals surface area contributed by atoms with Crippen LogP contribution in [0.25, 0.3) is 0 Å². The molecular formula is C15H29NO4. The third-order valence-electron chi connectivity index (χ3n) is 3.16. The number of carboxylic acid groups (broad SMARTS) is 1. The van der Waals surface area contributed by atoms with Crippen LogP contribution in [0.2, 0.25) is 0 Å². The molecule has 0 aromatic rings. The predicted molar refractivity (Wildman–Crippen MR) is 78.7 cm³/mol. The lowest BCUT2D eigenvalue weighted by Gasteiger charge is -2.30. The van der Waals surface area contributed by atoms with Crippen molar-refractivity contribution in [3.63, 3.8) is 0 Å². The zero-order valence-corrected chi connectivity index (χ0v) is 13.4. The summed E-state index contributed by atoms with van der Waals surface area (Å²) in [7, 11) is 0. The van der Waals surface area contributed by atoms with Gasteiger partial charge >= 0.3 is 12.1 Å². The predicted octanol–water partition coefficient (Wildman–Crippen LogP) is 3.57. The van der Waals surface area contributed by atoms with Crippen molar-refractivity contribution in [3.8, 4) is 0 Å². The van der Waals surface area contributed by atoms with Gasteiger partial charge in [0.05, 0.1) is 5.41 Å². The van der Waals surface area contributed by atoms with Gasteiger partial charge in [-0.15, -0.1) is 0 Å². The molecule has 1 atom stereocenters. The fraction of sp³-hybridized carbons (Fsp3) is 0.867. The van der Waals surface area contributed by atoms with Crippen LogP contribution in [0, 0.1) is 5.41 Å². The average Bonchev–Trinajstić information content (AvgIpc) is 2.30. The first-order chi connectivity index (χ1) is 9.17. The molecule has 20 heavy (non-hydrogen) atoms. The van der Waals surface area contributed by atoms with Crippen LogP contribution in [-0.4, -0.2) is 29.3 Å². The van der Waals surface area contributed by atoms with Gasteiger partial charge in [-0.3, -0.25) is 4.79 Å². The molecule has 1 unspecified atom stereocenters. The first-order valence-electron chi connectivity index (χ1n) is 7.37. The summed E-state index contributed by atoms with van der Waals surface area (Å²) in [6, 6.07) is 0. The summed E-state index contributed by atoms with van der Waals surface area (Å²) in [4.78, 5) is 23.3. The van der Waals surface area contributed by atoms with Gasteiger partial charge in [-0.25, -0.2) is 4.79 Å². The lowest BCUT2D eigenvalue weighted by atomic mass is 9.78. The van der Waals surface area contributed by atoms with E-state index in [0.29, 0.717) is 12.8 Å². The van der Waals surface area contributed by atoms with Crippen molar-refractivity contribution >= 4 is 12.1 Å². The van der Waals surface area contributed by atoms with Crippen LogP contribution in [0.15, 0.2) is 0 Å². The van der Waals surface area contributed by atoms with Gasteiger partial charge in [-0.1, -0.05) is 33.1 Å². The standard InChI is InChI=1S/C15H29NO4/c1-6-8-10-15(9-7-2,12(17)18)11-16-13(19)20-14(3,4)5/h6-11H2,1-5H3,(H,16,19)(H,17,18). The van der Waals surface area contributed by atoms with Crippen molar-refractivity contribution in [3.05, 3.63) is 0 Å². The Morgan fingerprint density at radius 3 is 2.10 bits per heavy atom. The highest BCUT2D eigenvalue weighted by atomic mass is 16.6. The Labute approximate surface area is 122 Å². The summed E-state index contributed by atoms with van der Waals surface area (Å²) in [6.07, 6.45) is 3.11. The summed E-state index contributed by atoms with van der Waals surface area (Å²) < 4.78 is 5.15. The molecule has 0 spiro atoms. The lowest BCUT2D eigenvalue weighted by molar-refractivity contribution is -0.149. The third kappa shape index (κ3) is 6.78. The highest BCUT2D eigenvalue weighted by Crippen LogP contribution is 2.30. The van der Waals surface area contributed by atoms with Gasteiger partial charge in [0, 0.05) is 6.54 Å². The van der Waals surface area contributed by atoms with Gasteiger partial charge in [0.1, 0.15) is 5.60 Å². The lowest BCUT2D eigenvalue weighted by Crippen LogP contribution is -2.44. The number of hydrogen-bond donors (Lipinski definition) is 2. The van der Waals surface area contributed by atoms with Gasteiger partial charge < -0.3 is 15.2 Å². The Balaban J connectivity index is 4.71. The second kappa shape index (κ2) is 8.12. The van der Waals surface area contributed by atoms with E-state index >= 15 is 0 Å². The van der Waals surface area contributed by atoms with Crippen molar-refractivity contribution in [2.75, 3.05) is 6.54 Å². The number of nitrogens with one attached hydrogen (secondary N) is 1. The highest BCUT2D eigenvalue weighted by molar-refractivity contribution is 5.76. The van der Waals surface area contributed by atoms with Crippen molar-refractivity contribution in [2.24, 2.45) is 5.41 Å². The molecule has 5 nitrogen and oxygen atoms in total. The van der Waals surface area contributed by atoms with E-state index in [1.165, 1.54) is 0 Å². The number of alkyl carbamates (subject to hydrolysis) is 1. The smallest absolute Gasteiger partial charge is 0.407 e. The first kappa shape index (κ1) is 18.7. The number of unbranched alkanes of at least 4 members (excludes halogenated alkanes) is 1. The molecule has 0 aromatic heterocycles. The summed E-state index contributed by atoms with van der Waals surface area (Å²) >= 11 is 0. The van der Waals surface area contributed by atoms with Crippen molar-refractivity contribution in [1.29, 1.82) is 0 Å². The molecule has 0 fully saturated rings. The first-order valence-corrected chi connectivity index (χ1v) is 7.37. The van der Waals surface area contributed by atoms with Crippen LogP contribution in [0.3, 0.4) is 0 Å². The highest BCUT2D eigenvalue weighted by Gasteiger charge is 2.37. The second-order valence-electron chi connectivity index (χ2n) is 6.29. The maximum Gasteiger partial charge on any atom is 0.407 e. The minimum absolute atomic E-state index is 0.116. The van der Waals surface area contributed by atoms with E-state index in [0.717, 1.165) is 19.3 Å². The second-order valence-corrected chi connectivity index (χ2v) is 6.29. The van der Waals surface area contributed by atoms with Crippen LogP contribution in [0.5, 0.6) is 0 Å². The van der Waals surface area contributed by atoms with E-state index in [4.69, 9.17) is 4.74 Å². The van der Waals surface area contributed by atoms with Crippen LogP contribution in [0.1, 0.15) is 66.7 Å². The molecule has 0 aliphatic carbocycles. The van der Waals surface area contributed by atoms with E-state index in [-0.39, 0.29) is 6.54 Å². The van der Waals surface area contributed by atoms with Gasteiger partial charge in [0.15, 0.2) is 0 Å². The molecule has 2 N–H and O–H groups in total. The fourth-order valence-corrected chi connectivity index (χ4v) is 2.14. The van der Waals surface area contributed by atoms with Gasteiger partial charge in [-0.05, 0) is 33.6 Å². The maximum absolute atomic E-state index is 11.7. The van der Waals surface area contributed by atoms with Gasteiger partial charge in [0.25, 0.3) is 0 Å². The summed E-state index contributed by atoms with van der Waals surface area (Å²) in [5, 5.41) is 12.1. The number of rotatable bonds is 8. The van der Waals surface area contributed by atoms with E-state index in [9.17, 15) is 14.7 Å². The Morgan fingerprint density at radius 2 is 1.70 bits per heavy atom. The minimum Gasteiger partial charge on any atom is -0.481 e. The SMILES string of the molecule is CCCCC(CCC)(CNC(=O)OC(C)(C)C)C(=O)O. The topological polar surface area (TPSA) is 75.6 Å². The third-order valence-corrected chi connectivity index (χ3v) is 3.16. The molecule has 0 bridgehead atoms. The van der Waals surface area contributed by atoms with Crippen LogP contribution in [-0.2, 0) is 9.53 Å². The number of carboxylic acids is 1. The largest absolute Gasteiger partial charge is 0.481 e. The van der Waals surface area contributed by atoms with Gasteiger partial charge in [0.2, 0.25) is 0 Å². The summed E-state index contributed by atoms with van der Waals surface area (Å²) in [6.45, 7) is 9.43. The fourth-order valence-electron chi connectivity index (χ4n) is 2.14. The molecule has 0 aromatic carbocycles. The Bertz CT molecular complexity index is 322. The number of amides is 1. The maximum atomic E-state index is 11.7. The molecule has 0 radical (unpaired) electrons. The number of carbonyl (C=O) groups is 2. The number of aliphatic carboxylic acids is 1. The minimum atomic E-state index is -0.887. The van der Waals surface area contributed by atoms with E-state index in [1.807, 2.05) is 13.8 Å². The molecule has 0 rings (SSSR count). The Hall–Kier alpha value is -1.26. The Morgan fingerprint density at radius 1 is 1.10 bits per heavy atom. The van der Waals surface area contributed by atoms with Crippen molar-refractivity contribution < 1.29 is 19.4 Å². The molecule has 0 heterocycles. The number of hydrogen-bond acceptors (Lipinski definition) is 3. The van der Waals surface area contributed by atoms with Crippen molar-refractivity contribution in [1.82, 2.24) is 5.32 Å². The molecule has 0 saturated heterocycles. The Kier molecular flexibility index (Phi) is 7.61. The average molecular weight is 287 g/mol. The molecular weight excluding hydrogens is 258 g/mol. The molecule has 0 aliphatic rings. The zero-order chi connectivity index (χ0) is 15.8. The van der Waals surface area contributed by atoms with E-state index in [2.05, 4.69) is 5.32 Å². The van der Waals surface area contributed by atoms with Crippen molar-refractivity contribution in [2.45, 2.75) is 72.3 Å². The van der Waals surface area contributed by atoms with Crippen LogP contribution < -0.4 is 5.32 Å². The van der Waals surface area contributed by atoms with E-state index < -0.39 is 23.1 Å². The molecule has 5 heteroatoms. The summed E-state index contributed by atoms with van der Waals surface area (Å²) in [5.74, 6) is -0.844.